The molecule has 0 aliphatic rings. The Morgan fingerprint density at radius 2 is 1.50 bits per heavy atom. The average molecular weight is 577 g/mol. The van der Waals surface area contributed by atoms with E-state index in [1.165, 1.54) is 11.0 Å². The molecule has 202 valence electrons. The van der Waals surface area contributed by atoms with Crippen LogP contribution in [0.4, 0.5) is 5.69 Å². The Bertz CT molecular complexity index is 1350. The molecule has 1 atom stereocenters. The number of amides is 2. The van der Waals surface area contributed by atoms with E-state index in [1.54, 1.807) is 42.5 Å². The van der Waals surface area contributed by atoms with Crippen molar-refractivity contribution >= 4 is 50.7 Å². The van der Waals surface area contributed by atoms with Crippen LogP contribution < -0.4 is 9.62 Å². The number of hydrogen-bond donors (Lipinski definition) is 1. The van der Waals surface area contributed by atoms with Crippen molar-refractivity contribution in [1.82, 2.24) is 10.2 Å². The first-order valence-electron chi connectivity index (χ1n) is 12.2. The van der Waals surface area contributed by atoms with Gasteiger partial charge in [-0.25, -0.2) is 8.42 Å². The first kappa shape index (κ1) is 29.5. The molecule has 0 fully saturated rings. The van der Waals surface area contributed by atoms with E-state index in [-0.39, 0.29) is 29.6 Å². The first-order chi connectivity index (χ1) is 18.1. The zero-order valence-corrected chi connectivity index (χ0v) is 23.6. The molecule has 0 heterocycles. The van der Waals surface area contributed by atoms with Crippen molar-refractivity contribution in [1.29, 1.82) is 0 Å². The second kappa shape index (κ2) is 13.6. The number of nitrogens with one attached hydrogen (secondary N) is 1. The molecule has 0 aromatic heterocycles. The van der Waals surface area contributed by atoms with E-state index in [1.807, 2.05) is 37.3 Å². The molecular formula is C28H31Cl2N3O4S. The number of halogens is 2. The molecule has 0 bridgehead atoms. The van der Waals surface area contributed by atoms with E-state index in [4.69, 9.17) is 23.2 Å². The third kappa shape index (κ3) is 7.96. The zero-order valence-electron chi connectivity index (χ0n) is 21.3. The van der Waals surface area contributed by atoms with Crippen LogP contribution in [0.1, 0.15) is 24.5 Å². The van der Waals surface area contributed by atoms with Crippen LogP contribution in [0.2, 0.25) is 10.0 Å². The van der Waals surface area contributed by atoms with E-state index < -0.39 is 28.5 Å². The van der Waals surface area contributed by atoms with Crippen LogP contribution in [-0.4, -0.2) is 50.5 Å². The molecule has 0 aliphatic heterocycles. The van der Waals surface area contributed by atoms with Gasteiger partial charge in [0.25, 0.3) is 0 Å². The van der Waals surface area contributed by atoms with Crippen molar-refractivity contribution in [3.63, 3.8) is 0 Å². The van der Waals surface area contributed by atoms with Gasteiger partial charge in [0.2, 0.25) is 21.8 Å². The van der Waals surface area contributed by atoms with Crippen molar-refractivity contribution in [3.05, 3.63) is 100 Å². The number of carbonyl (C=O) groups is 2. The monoisotopic (exact) mass is 575 g/mol. The van der Waals surface area contributed by atoms with Gasteiger partial charge in [-0.2, -0.15) is 0 Å². The summed E-state index contributed by atoms with van der Waals surface area (Å²) < 4.78 is 26.5. The Labute approximate surface area is 234 Å². The lowest BCUT2D eigenvalue weighted by molar-refractivity contribution is -0.140. The third-order valence-corrected chi connectivity index (χ3v) is 7.73. The number of hydrogen-bond acceptors (Lipinski definition) is 4. The molecular weight excluding hydrogens is 545 g/mol. The number of benzene rings is 3. The topological polar surface area (TPSA) is 86.8 Å². The number of anilines is 1. The molecule has 0 saturated carbocycles. The minimum absolute atomic E-state index is 0.00960. The highest BCUT2D eigenvalue weighted by atomic mass is 35.5. The molecule has 1 N–H and O–H groups in total. The van der Waals surface area contributed by atoms with E-state index in [2.05, 4.69) is 5.32 Å². The molecule has 10 heteroatoms. The first-order valence-corrected chi connectivity index (χ1v) is 14.8. The largest absolute Gasteiger partial charge is 0.354 e. The van der Waals surface area contributed by atoms with Crippen LogP contribution in [0.15, 0.2) is 78.9 Å². The van der Waals surface area contributed by atoms with Crippen LogP contribution in [0.3, 0.4) is 0 Å². The van der Waals surface area contributed by atoms with Gasteiger partial charge < -0.3 is 10.2 Å². The van der Waals surface area contributed by atoms with Gasteiger partial charge in [0.05, 0.1) is 17.0 Å². The van der Waals surface area contributed by atoms with E-state index in [9.17, 15) is 18.0 Å². The molecule has 0 radical (unpaired) electrons. The van der Waals surface area contributed by atoms with Gasteiger partial charge in [0.15, 0.2) is 0 Å². The Morgan fingerprint density at radius 1 is 0.895 bits per heavy atom. The van der Waals surface area contributed by atoms with Crippen molar-refractivity contribution in [3.8, 4) is 0 Å². The summed E-state index contributed by atoms with van der Waals surface area (Å²) in [5.74, 6) is -0.900. The quantitative estimate of drug-likeness (QED) is 0.332. The molecule has 7 nitrogen and oxygen atoms in total. The highest BCUT2D eigenvalue weighted by Gasteiger charge is 2.33. The van der Waals surface area contributed by atoms with Gasteiger partial charge in [0.1, 0.15) is 12.6 Å². The van der Waals surface area contributed by atoms with Crippen LogP contribution in [0, 0.1) is 0 Å². The number of carbonyl (C=O) groups excluding carboxylic acids is 2. The summed E-state index contributed by atoms with van der Waals surface area (Å²) in [5.41, 5.74) is 1.66. The molecule has 38 heavy (non-hydrogen) atoms. The SMILES string of the molecule is CCCNC(=O)[C@@H](Cc1ccccc1)N(Cc1ccccc1Cl)C(=O)CN(c1ccccc1Cl)S(C)(=O)=O. The lowest BCUT2D eigenvalue weighted by Crippen LogP contribution is -2.53. The summed E-state index contributed by atoms with van der Waals surface area (Å²) >= 11 is 12.7. The van der Waals surface area contributed by atoms with Crippen molar-refractivity contribution in [2.45, 2.75) is 32.4 Å². The van der Waals surface area contributed by atoms with Gasteiger partial charge >= 0.3 is 0 Å². The molecule has 2 amide bonds. The van der Waals surface area contributed by atoms with Gasteiger partial charge in [-0.15, -0.1) is 0 Å². The second-order valence-electron chi connectivity index (χ2n) is 8.83. The maximum atomic E-state index is 14.0. The normalized spacial score (nSPS) is 12.0. The van der Waals surface area contributed by atoms with E-state index in [0.29, 0.717) is 17.1 Å². The smallest absolute Gasteiger partial charge is 0.244 e. The molecule has 3 rings (SSSR count). The molecule has 0 spiro atoms. The number of para-hydroxylation sites is 1. The van der Waals surface area contributed by atoms with Crippen LogP contribution >= 0.6 is 23.2 Å². The Hall–Kier alpha value is -3.07. The van der Waals surface area contributed by atoms with Gasteiger partial charge in [0, 0.05) is 24.5 Å². The Morgan fingerprint density at radius 3 is 2.11 bits per heavy atom. The third-order valence-electron chi connectivity index (χ3n) is 5.92. The average Bonchev–Trinajstić information content (AvgIpc) is 2.89. The molecule has 3 aromatic carbocycles. The highest BCUT2D eigenvalue weighted by Crippen LogP contribution is 2.28. The summed E-state index contributed by atoms with van der Waals surface area (Å²) in [7, 11) is -3.89. The van der Waals surface area contributed by atoms with Gasteiger partial charge in [-0.1, -0.05) is 90.8 Å². The maximum absolute atomic E-state index is 14.0. The molecule has 0 aliphatic carbocycles. The van der Waals surface area contributed by atoms with Crippen molar-refractivity contribution in [2.24, 2.45) is 0 Å². The Balaban J connectivity index is 2.06. The van der Waals surface area contributed by atoms with Gasteiger partial charge in [-0.3, -0.25) is 13.9 Å². The number of sulfonamides is 1. The second-order valence-corrected chi connectivity index (χ2v) is 11.6. The summed E-state index contributed by atoms with van der Waals surface area (Å²) in [6.07, 6.45) is 1.96. The molecule has 0 unspecified atom stereocenters. The predicted molar refractivity (Wildman–Crippen MR) is 153 cm³/mol. The summed E-state index contributed by atoms with van der Waals surface area (Å²) in [6, 6.07) is 21.9. The fourth-order valence-corrected chi connectivity index (χ4v) is 5.32. The lowest BCUT2D eigenvalue weighted by atomic mass is 10.0. The summed E-state index contributed by atoms with van der Waals surface area (Å²) in [6.45, 7) is 1.84. The number of rotatable bonds is 12. The van der Waals surface area contributed by atoms with Crippen molar-refractivity contribution < 1.29 is 18.0 Å². The van der Waals surface area contributed by atoms with Crippen molar-refractivity contribution in [2.75, 3.05) is 23.7 Å². The summed E-state index contributed by atoms with van der Waals surface area (Å²) in [4.78, 5) is 28.8. The lowest BCUT2D eigenvalue weighted by Gasteiger charge is -2.33. The fourth-order valence-electron chi connectivity index (χ4n) is 3.98. The van der Waals surface area contributed by atoms with Crippen LogP contribution in [-0.2, 0) is 32.6 Å². The van der Waals surface area contributed by atoms with Crippen LogP contribution in [0.5, 0.6) is 0 Å². The van der Waals surface area contributed by atoms with Gasteiger partial charge in [-0.05, 0) is 35.7 Å². The summed E-state index contributed by atoms with van der Waals surface area (Å²) in [5, 5.41) is 3.51. The molecule has 0 saturated heterocycles. The van der Waals surface area contributed by atoms with E-state index in [0.717, 1.165) is 22.5 Å². The van der Waals surface area contributed by atoms with E-state index >= 15 is 0 Å². The zero-order chi connectivity index (χ0) is 27.7. The minimum Gasteiger partial charge on any atom is -0.354 e. The minimum atomic E-state index is -3.89. The molecule has 3 aromatic rings. The highest BCUT2D eigenvalue weighted by molar-refractivity contribution is 7.92. The predicted octanol–water partition coefficient (Wildman–Crippen LogP) is 4.93. The maximum Gasteiger partial charge on any atom is 0.244 e. The standard InChI is InChI=1S/C28H31Cl2N3O4S/c1-3-17-31-28(35)26(18-21-11-5-4-6-12-21)32(19-22-13-7-8-14-23(22)29)27(34)20-33(38(2,36)37)25-16-10-9-15-24(25)30/h4-16,26H,3,17-20H2,1-2H3,(H,31,35)/t26-/m1/s1. The fraction of sp³-hybridized carbons (Fsp3) is 0.286. The number of nitrogens with zero attached hydrogens (tertiary/aromatic N) is 2. The Kier molecular flexibility index (Phi) is 10.6. The van der Waals surface area contributed by atoms with Crippen LogP contribution in [0.25, 0.3) is 0 Å².